The molecule has 1 N–H and O–H groups in total. The van der Waals surface area contributed by atoms with Crippen molar-refractivity contribution in [2.45, 2.75) is 25.7 Å². The topological polar surface area (TPSA) is 76.5 Å². The highest BCUT2D eigenvalue weighted by molar-refractivity contribution is 5.97. The highest BCUT2D eigenvalue weighted by Crippen LogP contribution is 2.33. The maximum Gasteiger partial charge on any atom is 0.230 e. The molecule has 1 aliphatic rings. The van der Waals surface area contributed by atoms with E-state index in [9.17, 15) is 9.59 Å². The van der Waals surface area contributed by atoms with E-state index in [4.69, 9.17) is 4.74 Å². The average molecular weight is 342 g/mol. The third kappa shape index (κ3) is 3.81. The third-order valence-corrected chi connectivity index (χ3v) is 4.34. The fourth-order valence-corrected chi connectivity index (χ4v) is 2.98. The molecule has 0 saturated carbocycles. The Labute approximate surface area is 146 Å². The lowest BCUT2D eigenvalue weighted by molar-refractivity contribution is -0.119. The quantitative estimate of drug-likeness (QED) is 0.903. The van der Waals surface area contributed by atoms with Crippen LogP contribution in [-0.2, 0) is 23.1 Å². The molecular formula is C18H22N4O3. The molecule has 1 aliphatic heterocycles. The Bertz CT molecular complexity index is 784. The molecule has 0 atom stereocenters. The molecule has 1 aromatic carbocycles. The highest BCUT2D eigenvalue weighted by Gasteiger charge is 2.22. The summed E-state index contributed by atoms with van der Waals surface area (Å²) in [6.07, 6.45) is 4.38. The van der Waals surface area contributed by atoms with Gasteiger partial charge in [-0.25, -0.2) is 0 Å². The number of rotatable bonds is 5. The molecule has 1 fully saturated rings. The Kier molecular flexibility index (Phi) is 5.02. The monoisotopic (exact) mass is 342 g/mol. The largest absolute Gasteiger partial charge is 0.494 e. The van der Waals surface area contributed by atoms with Gasteiger partial charge in [0, 0.05) is 43.7 Å². The second-order valence-corrected chi connectivity index (χ2v) is 6.06. The van der Waals surface area contributed by atoms with Crippen LogP contribution < -0.4 is 15.0 Å². The lowest BCUT2D eigenvalue weighted by atomic mass is 10.1. The summed E-state index contributed by atoms with van der Waals surface area (Å²) in [6.45, 7) is 0.696. The number of carbonyl (C=O) groups is 2. The number of anilines is 2. The van der Waals surface area contributed by atoms with E-state index in [0.717, 1.165) is 24.2 Å². The van der Waals surface area contributed by atoms with Crippen LogP contribution in [0, 0.1) is 0 Å². The van der Waals surface area contributed by atoms with E-state index in [1.54, 1.807) is 42.1 Å². The molecule has 2 amide bonds. The summed E-state index contributed by atoms with van der Waals surface area (Å²) in [5, 5.41) is 6.91. The van der Waals surface area contributed by atoms with E-state index in [1.807, 2.05) is 12.1 Å². The Morgan fingerprint density at radius 2 is 2.16 bits per heavy atom. The number of nitrogens with one attached hydrogen (secondary N) is 1. The summed E-state index contributed by atoms with van der Waals surface area (Å²) < 4.78 is 7.11. The predicted molar refractivity (Wildman–Crippen MR) is 94.7 cm³/mol. The summed E-state index contributed by atoms with van der Waals surface area (Å²) in [5.74, 6) is 0.554. The minimum absolute atomic E-state index is 0.109. The number of aryl methyl sites for hydroxylation is 1. The van der Waals surface area contributed by atoms with Crippen LogP contribution in [0.4, 0.5) is 11.4 Å². The van der Waals surface area contributed by atoms with Crippen LogP contribution in [0.5, 0.6) is 5.75 Å². The molecule has 132 valence electrons. The number of ether oxygens (including phenoxy) is 1. The number of nitrogens with zero attached hydrogens (tertiary/aromatic N) is 3. The highest BCUT2D eigenvalue weighted by atomic mass is 16.5. The molecule has 2 aromatic rings. The Hall–Kier alpha value is -2.83. The van der Waals surface area contributed by atoms with E-state index in [0.29, 0.717) is 24.4 Å². The molecule has 25 heavy (non-hydrogen) atoms. The Morgan fingerprint density at radius 1 is 1.32 bits per heavy atom. The zero-order chi connectivity index (χ0) is 17.8. The maximum absolute atomic E-state index is 12.2. The summed E-state index contributed by atoms with van der Waals surface area (Å²) in [5.41, 5.74) is 2.22. The fraction of sp³-hybridized carbons (Fsp3) is 0.389. The van der Waals surface area contributed by atoms with E-state index >= 15 is 0 Å². The van der Waals surface area contributed by atoms with Crippen LogP contribution >= 0.6 is 0 Å². The number of hydrogen-bond donors (Lipinski definition) is 1. The first-order valence-electron chi connectivity index (χ1n) is 8.33. The van der Waals surface area contributed by atoms with Crippen LogP contribution in [0.15, 0.2) is 30.5 Å². The lowest BCUT2D eigenvalue weighted by Crippen LogP contribution is -2.35. The minimum Gasteiger partial charge on any atom is -0.494 e. The minimum atomic E-state index is -0.132. The molecule has 0 bridgehead atoms. The van der Waals surface area contributed by atoms with Gasteiger partial charge in [-0.3, -0.25) is 14.3 Å². The number of piperidine rings is 1. The molecule has 7 heteroatoms. The van der Waals surface area contributed by atoms with E-state index in [2.05, 4.69) is 10.4 Å². The third-order valence-electron chi connectivity index (χ3n) is 4.34. The van der Waals surface area contributed by atoms with Crippen molar-refractivity contribution in [1.29, 1.82) is 0 Å². The van der Waals surface area contributed by atoms with Gasteiger partial charge in [0.15, 0.2) is 0 Å². The van der Waals surface area contributed by atoms with Crippen molar-refractivity contribution in [2.24, 2.45) is 7.05 Å². The summed E-state index contributed by atoms with van der Waals surface area (Å²) in [4.78, 5) is 26.1. The van der Waals surface area contributed by atoms with Gasteiger partial charge in [-0.2, -0.15) is 5.10 Å². The van der Waals surface area contributed by atoms with Crippen LogP contribution in [0.25, 0.3) is 0 Å². The molecule has 7 nitrogen and oxygen atoms in total. The van der Waals surface area contributed by atoms with Gasteiger partial charge in [0.1, 0.15) is 5.75 Å². The second kappa shape index (κ2) is 7.38. The Balaban J connectivity index is 1.73. The number of methoxy groups -OCH3 is 1. The van der Waals surface area contributed by atoms with Crippen LogP contribution in [0.2, 0.25) is 0 Å². The van der Waals surface area contributed by atoms with Crippen molar-refractivity contribution in [3.05, 3.63) is 36.2 Å². The van der Waals surface area contributed by atoms with E-state index < -0.39 is 0 Å². The molecule has 0 radical (unpaired) electrons. The van der Waals surface area contributed by atoms with Crippen molar-refractivity contribution in [2.75, 3.05) is 23.9 Å². The molecule has 0 unspecified atom stereocenters. The normalized spacial score (nSPS) is 14.5. The molecule has 0 aliphatic carbocycles. The number of carbonyl (C=O) groups excluding carboxylic acids is 2. The lowest BCUT2D eigenvalue weighted by Gasteiger charge is -2.28. The molecule has 0 spiro atoms. The molecular weight excluding hydrogens is 320 g/mol. The van der Waals surface area contributed by atoms with Crippen molar-refractivity contribution >= 4 is 23.2 Å². The number of benzene rings is 1. The average Bonchev–Trinajstić information content (AvgIpc) is 3.00. The van der Waals surface area contributed by atoms with Gasteiger partial charge in [-0.15, -0.1) is 0 Å². The smallest absolute Gasteiger partial charge is 0.230 e. The standard InChI is InChI=1S/C18H22N4O3/c1-21-14(8-9-19-21)12-17(23)20-13-6-7-15(16(11-13)25-2)22-10-4-3-5-18(22)24/h6-9,11H,3-5,10,12H2,1-2H3,(H,20,23). The Morgan fingerprint density at radius 3 is 2.84 bits per heavy atom. The SMILES string of the molecule is COc1cc(NC(=O)Cc2ccnn2C)ccc1N1CCCCC1=O. The van der Waals surface area contributed by atoms with Gasteiger partial charge in [-0.1, -0.05) is 0 Å². The molecule has 2 heterocycles. The van der Waals surface area contributed by atoms with Crippen molar-refractivity contribution in [3.8, 4) is 5.75 Å². The first kappa shape index (κ1) is 17.0. The number of amides is 2. The van der Waals surface area contributed by atoms with Crippen LogP contribution in [0.3, 0.4) is 0 Å². The van der Waals surface area contributed by atoms with E-state index in [-0.39, 0.29) is 18.2 Å². The molecule has 1 saturated heterocycles. The number of hydrogen-bond acceptors (Lipinski definition) is 4. The summed E-state index contributed by atoms with van der Waals surface area (Å²) in [7, 11) is 3.37. The second-order valence-electron chi connectivity index (χ2n) is 6.06. The zero-order valence-corrected chi connectivity index (χ0v) is 14.5. The van der Waals surface area contributed by atoms with Gasteiger partial charge >= 0.3 is 0 Å². The van der Waals surface area contributed by atoms with Gasteiger partial charge < -0.3 is 15.0 Å². The van der Waals surface area contributed by atoms with Gasteiger partial charge in [0.05, 0.1) is 19.2 Å². The first-order valence-corrected chi connectivity index (χ1v) is 8.33. The number of aromatic nitrogens is 2. The van der Waals surface area contributed by atoms with E-state index in [1.165, 1.54) is 0 Å². The van der Waals surface area contributed by atoms with Gasteiger partial charge in [0.2, 0.25) is 11.8 Å². The van der Waals surface area contributed by atoms with Crippen molar-refractivity contribution in [1.82, 2.24) is 9.78 Å². The maximum atomic E-state index is 12.2. The molecule has 1 aromatic heterocycles. The fourth-order valence-electron chi connectivity index (χ4n) is 2.98. The zero-order valence-electron chi connectivity index (χ0n) is 14.5. The summed E-state index contributed by atoms with van der Waals surface area (Å²) in [6, 6.07) is 7.17. The summed E-state index contributed by atoms with van der Waals surface area (Å²) >= 11 is 0. The molecule has 3 rings (SSSR count). The van der Waals surface area contributed by atoms with Crippen molar-refractivity contribution < 1.29 is 14.3 Å². The van der Waals surface area contributed by atoms with Crippen LogP contribution in [-0.4, -0.2) is 35.2 Å². The van der Waals surface area contributed by atoms with Gasteiger partial charge in [0.25, 0.3) is 0 Å². The van der Waals surface area contributed by atoms with Gasteiger partial charge in [-0.05, 0) is 31.0 Å². The van der Waals surface area contributed by atoms with Crippen molar-refractivity contribution in [3.63, 3.8) is 0 Å². The van der Waals surface area contributed by atoms with Crippen LogP contribution in [0.1, 0.15) is 25.0 Å². The first-order chi connectivity index (χ1) is 12.1. The predicted octanol–water partition coefficient (Wildman–Crippen LogP) is 2.13.